The lowest BCUT2D eigenvalue weighted by Gasteiger charge is -2.02. The molecule has 0 amide bonds. The summed E-state index contributed by atoms with van der Waals surface area (Å²) in [6, 6.07) is 0.847. The van der Waals surface area contributed by atoms with E-state index in [4.69, 9.17) is 0 Å². The molecule has 1 heteroatoms. The molecule has 1 aliphatic heterocycles. The maximum atomic E-state index is 3.41. The van der Waals surface area contributed by atoms with Gasteiger partial charge in [0, 0.05) is 7.47 Å². The molecule has 1 nitrogen and oxygen atoms in total. The van der Waals surface area contributed by atoms with Crippen LogP contribution in [-0.4, -0.2) is 12.6 Å². The summed E-state index contributed by atoms with van der Waals surface area (Å²) in [7, 11) is 0. The van der Waals surface area contributed by atoms with Gasteiger partial charge in [0.2, 0.25) is 0 Å². The van der Waals surface area contributed by atoms with Crippen LogP contribution in [0.2, 0.25) is 0 Å². The van der Waals surface area contributed by atoms with E-state index in [9.17, 15) is 0 Å². The third-order valence-electron chi connectivity index (χ3n) is 1.66. The van der Waals surface area contributed by atoms with Crippen molar-refractivity contribution < 1.29 is 1.43 Å². The van der Waals surface area contributed by atoms with Crippen molar-refractivity contribution in [1.29, 1.82) is 0 Å². The summed E-state index contributed by atoms with van der Waals surface area (Å²) in [6.45, 7) is 7.49. The summed E-state index contributed by atoms with van der Waals surface area (Å²) in [5.41, 5.74) is 0. The maximum absolute atomic E-state index is 3.41. The molecule has 1 aliphatic rings. The predicted octanol–water partition coefficient (Wildman–Crippen LogP) is 2.42. The Balaban J connectivity index is 0. The highest BCUT2D eigenvalue weighted by atomic mass is 14.9. The highest BCUT2D eigenvalue weighted by molar-refractivity contribution is 4.71. The third kappa shape index (κ3) is 3.52. The van der Waals surface area contributed by atoms with Crippen molar-refractivity contribution in [3.8, 4) is 0 Å². The van der Waals surface area contributed by atoms with Crippen LogP contribution in [-0.2, 0) is 0 Å². The SMILES string of the molecule is CC.CC[C@@H]1CCCN1.[HH]. The van der Waals surface area contributed by atoms with E-state index in [1.54, 1.807) is 0 Å². The Morgan fingerprint density at radius 1 is 1.56 bits per heavy atom. The zero-order valence-electron chi connectivity index (χ0n) is 6.91. The molecule has 0 unspecified atom stereocenters. The number of nitrogens with one attached hydrogen (secondary N) is 1. The summed E-state index contributed by atoms with van der Waals surface area (Å²) < 4.78 is 0. The van der Waals surface area contributed by atoms with Crippen LogP contribution in [0.25, 0.3) is 0 Å². The summed E-state index contributed by atoms with van der Waals surface area (Å²) in [6.07, 6.45) is 4.09. The summed E-state index contributed by atoms with van der Waals surface area (Å²) in [4.78, 5) is 0. The minimum atomic E-state index is 0. The highest BCUT2D eigenvalue weighted by Crippen LogP contribution is 2.06. The normalized spacial score (nSPS) is 25.0. The molecule has 1 atom stereocenters. The Morgan fingerprint density at radius 3 is 2.44 bits per heavy atom. The minimum absolute atomic E-state index is 0. The molecule has 0 radical (unpaired) electrons. The van der Waals surface area contributed by atoms with E-state index in [-0.39, 0.29) is 1.43 Å². The fraction of sp³-hybridized carbons (Fsp3) is 1.00. The van der Waals surface area contributed by atoms with Crippen LogP contribution < -0.4 is 5.32 Å². The van der Waals surface area contributed by atoms with Crippen LogP contribution >= 0.6 is 0 Å². The van der Waals surface area contributed by atoms with Gasteiger partial charge in [-0.1, -0.05) is 20.8 Å². The molecule has 0 aliphatic carbocycles. The van der Waals surface area contributed by atoms with E-state index in [0.29, 0.717) is 0 Å². The van der Waals surface area contributed by atoms with E-state index in [2.05, 4.69) is 12.2 Å². The van der Waals surface area contributed by atoms with E-state index in [0.717, 1.165) is 6.04 Å². The van der Waals surface area contributed by atoms with Crippen molar-refractivity contribution >= 4 is 0 Å². The smallest absolute Gasteiger partial charge is 0.00649 e. The first kappa shape index (κ1) is 8.96. The molecule has 1 N–H and O–H groups in total. The molecule has 0 bridgehead atoms. The average Bonchev–Trinajstić information content (AvgIpc) is 2.43. The van der Waals surface area contributed by atoms with Gasteiger partial charge in [-0.05, 0) is 25.8 Å². The van der Waals surface area contributed by atoms with Crippen molar-refractivity contribution in [2.24, 2.45) is 0 Å². The molecule has 0 saturated carbocycles. The van der Waals surface area contributed by atoms with Gasteiger partial charge in [0.05, 0.1) is 0 Å². The van der Waals surface area contributed by atoms with Gasteiger partial charge in [-0.3, -0.25) is 0 Å². The molecule has 58 valence electrons. The van der Waals surface area contributed by atoms with E-state index >= 15 is 0 Å². The second-order valence-corrected chi connectivity index (χ2v) is 2.20. The lowest BCUT2D eigenvalue weighted by molar-refractivity contribution is 0.587. The second kappa shape index (κ2) is 6.09. The van der Waals surface area contributed by atoms with E-state index in [1.165, 1.54) is 25.8 Å². The van der Waals surface area contributed by atoms with E-state index in [1.807, 2.05) is 13.8 Å². The van der Waals surface area contributed by atoms with Crippen LogP contribution in [0, 0.1) is 0 Å². The first-order chi connectivity index (χ1) is 4.43. The predicted molar refractivity (Wildman–Crippen MR) is 44.8 cm³/mol. The summed E-state index contributed by atoms with van der Waals surface area (Å²) >= 11 is 0. The van der Waals surface area contributed by atoms with Crippen molar-refractivity contribution in [3.63, 3.8) is 0 Å². The zero-order chi connectivity index (χ0) is 7.11. The molecule has 1 fully saturated rings. The Morgan fingerprint density at radius 2 is 2.22 bits per heavy atom. The van der Waals surface area contributed by atoms with Gasteiger partial charge in [0.25, 0.3) is 0 Å². The maximum Gasteiger partial charge on any atom is 0.00649 e. The van der Waals surface area contributed by atoms with Gasteiger partial charge < -0.3 is 5.32 Å². The monoisotopic (exact) mass is 131 g/mol. The van der Waals surface area contributed by atoms with Crippen LogP contribution in [0.4, 0.5) is 0 Å². The molecule has 0 aromatic heterocycles. The summed E-state index contributed by atoms with van der Waals surface area (Å²) in [5.74, 6) is 0. The first-order valence-corrected chi connectivity index (χ1v) is 4.17. The Kier molecular flexibility index (Phi) is 6.06. The van der Waals surface area contributed by atoms with Crippen molar-refractivity contribution in [2.45, 2.75) is 46.1 Å². The van der Waals surface area contributed by atoms with Crippen LogP contribution in [0.3, 0.4) is 0 Å². The third-order valence-corrected chi connectivity index (χ3v) is 1.66. The fourth-order valence-electron chi connectivity index (χ4n) is 1.11. The Labute approximate surface area is 60.3 Å². The van der Waals surface area contributed by atoms with Gasteiger partial charge >= 0.3 is 0 Å². The van der Waals surface area contributed by atoms with Gasteiger partial charge in [-0.15, -0.1) is 0 Å². The quantitative estimate of drug-likeness (QED) is 0.576. The lowest BCUT2D eigenvalue weighted by atomic mass is 10.2. The van der Waals surface area contributed by atoms with Crippen LogP contribution in [0.1, 0.15) is 41.5 Å². The molecule has 1 heterocycles. The first-order valence-electron chi connectivity index (χ1n) is 4.17. The standard InChI is InChI=1S/C6H13N.C2H6.H2/c1-2-6-4-3-5-7-6;1-2;/h6-7H,2-5H2,1H3;1-2H3;1H/t6-;;/m1../s1. The van der Waals surface area contributed by atoms with Gasteiger partial charge in [0.15, 0.2) is 0 Å². The average molecular weight is 131 g/mol. The molecule has 0 spiro atoms. The van der Waals surface area contributed by atoms with Gasteiger partial charge in [-0.2, -0.15) is 0 Å². The molecule has 9 heavy (non-hydrogen) atoms. The van der Waals surface area contributed by atoms with Crippen molar-refractivity contribution in [2.75, 3.05) is 6.54 Å². The second-order valence-electron chi connectivity index (χ2n) is 2.20. The molecule has 0 aromatic rings. The molecule has 1 saturated heterocycles. The molecule has 0 aromatic carbocycles. The Bertz CT molecular complexity index is 51.2. The topological polar surface area (TPSA) is 12.0 Å². The van der Waals surface area contributed by atoms with E-state index < -0.39 is 0 Å². The molecular formula is C8H21N. The number of hydrogen-bond acceptors (Lipinski definition) is 1. The lowest BCUT2D eigenvalue weighted by Crippen LogP contribution is -2.19. The largest absolute Gasteiger partial charge is 0.314 e. The van der Waals surface area contributed by atoms with Crippen LogP contribution in [0.5, 0.6) is 0 Å². The zero-order valence-corrected chi connectivity index (χ0v) is 6.91. The minimum Gasteiger partial charge on any atom is -0.314 e. The van der Waals surface area contributed by atoms with Crippen LogP contribution in [0.15, 0.2) is 0 Å². The number of rotatable bonds is 1. The number of hydrogen-bond donors (Lipinski definition) is 1. The summed E-state index contributed by atoms with van der Waals surface area (Å²) in [5, 5.41) is 3.41. The molecule has 1 rings (SSSR count). The van der Waals surface area contributed by atoms with Gasteiger partial charge in [0.1, 0.15) is 0 Å². The molecular weight excluding hydrogens is 110 g/mol. The van der Waals surface area contributed by atoms with Crippen molar-refractivity contribution in [3.05, 3.63) is 0 Å². The Hall–Kier alpha value is -0.0400. The van der Waals surface area contributed by atoms with Crippen molar-refractivity contribution in [1.82, 2.24) is 5.32 Å². The van der Waals surface area contributed by atoms with Gasteiger partial charge in [-0.25, -0.2) is 0 Å². The highest BCUT2D eigenvalue weighted by Gasteiger charge is 2.09. The fourth-order valence-corrected chi connectivity index (χ4v) is 1.11.